The first kappa shape index (κ1) is 13.9. The van der Waals surface area contributed by atoms with Crippen molar-refractivity contribution in [3.63, 3.8) is 0 Å². The molecule has 1 heterocycles. The van der Waals surface area contributed by atoms with Crippen LogP contribution in [0.3, 0.4) is 0 Å². The van der Waals surface area contributed by atoms with Crippen LogP contribution >= 0.6 is 0 Å². The first-order chi connectivity index (χ1) is 9.19. The predicted molar refractivity (Wildman–Crippen MR) is 79.4 cm³/mol. The lowest BCUT2D eigenvalue weighted by Gasteiger charge is -2.26. The highest BCUT2D eigenvalue weighted by molar-refractivity contribution is 5.54. The Balaban J connectivity index is 2.09. The van der Waals surface area contributed by atoms with E-state index in [0.29, 0.717) is 6.04 Å². The first-order valence-electron chi connectivity index (χ1n) is 7.19. The number of likely N-dealkylation sites (N-methyl/N-ethyl adjacent to an activating group) is 1. The van der Waals surface area contributed by atoms with E-state index < -0.39 is 0 Å². The molecule has 0 spiro atoms. The Kier molecular flexibility index (Phi) is 4.44. The molecule has 1 aromatic rings. The van der Waals surface area contributed by atoms with Gasteiger partial charge < -0.3 is 4.90 Å². The number of hydrogen-bond acceptors (Lipinski definition) is 3. The molecule has 0 saturated carbocycles. The second-order valence-electron chi connectivity index (χ2n) is 5.22. The summed E-state index contributed by atoms with van der Waals surface area (Å²) in [6, 6.07) is 9.07. The zero-order valence-corrected chi connectivity index (χ0v) is 12.2. The Morgan fingerprint density at radius 2 is 2.11 bits per heavy atom. The largest absolute Gasteiger partial charge is 0.370 e. The van der Waals surface area contributed by atoms with Crippen LogP contribution in [-0.2, 0) is 0 Å². The van der Waals surface area contributed by atoms with Gasteiger partial charge in [0, 0.05) is 24.8 Å². The molecule has 3 heteroatoms. The SMILES string of the molecule is CCN(CC)C1CCN(c2ccc(C#N)c(C)c2)C1. The van der Waals surface area contributed by atoms with Gasteiger partial charge in [0.05, 0.1) is 11.6 Å². The molecule has 0 radical (unpaired) electrons. The van der Waals surface area contributed by atoms with Crippen molar-refractivity contribution < 1.29 is 0 Å². The van der Waals surface area contributed by atoms with Crippen molar-refractivity contribution in [2.24, 2.45) is 0 Å². The molecule has 1 unspecified atom stereocenters. The smallest absolute Gasteiger partial charge is 0.0994 e. The van der Waals surface area contributed by atoms with E-state index in [4.69, 9.17) is 5.26 Å². The summed E-state index contributed by atoms with van der Waals surface area (Å²) in [6.07, 6.45) is 1.24. The maximum absolute atomic E-state index is 8.98. The monoisotopic (exact) mass is 257 g/mol. The molecule has 1 aromatic carbocycles. The second kappa shape index (κ2) is 6.08. The Hall–Kier alpha value is -1.53. The summed E-state index contributed by atoms with van der Waals surface area (Å²) in [7, 11) is 0. The van der Waals surface area contributed by atoms with Crippen LogP contribution in [0.4, 0.5) is 5.69 Å². The molecule has 1 fully saturated rings. The highest BCUT2D eigenvalue weighted by Gasteiger charge is 2.26. The van der Waals surface area contributed by atoms with Crippen LogP contribution in [-0.4, -0.2) is 37.1 Å². The van der Waals surface area contributed by atoms with Gasteiger partial charge in [-0.1, -0.05) is 13.8 Å². The molecule has 0 aliphatic carbocycles. The average molecular weight is 257 g/mol. The van der Waals surface area contributed by atoms with Crippen LogP contribution in [0, 0.1) is 18.3 Å². The normalized spacial score (nSPS) is 18.9. The number of anilines is 1. The summed E-state index contributed by atoms with van der Waals surface area (Å²) in [4.78, 5) is 4.98. The Morgan fingerprint density at radius 1 is 1.37 bits per heavy atom. The van der Waals surface area contributed by atoms with Crippen LogP contribution in [0.15, 0.2) is 18.2 Å². The summed E-state index contributed by atoms with van der Waals surface area (Å²) >= 11 is 0. The molecule has 1 aliphatic rings. The standard InChI is InChI=1S/C16H23N3/c1-4-18(5-2)16-8-9-19(12-16)15-7-6-14(11-17)13(3)10-15/h6-7,10,16H,4-5,8-9,12H2,1-3H3. The molecule has 3 nitrogen and oxygen atoms in total. The van der Waals surface area contributed by atoms with Gasteiger partial charge in [0.15, 0.2) is 0 Å². The van der Waals surface area contributed by atoms with E-state index in [0.717, 1.165) is 37.3 Å². The second-order valence-corrected chi connectivity index (χ2v) is 5.22. The predicted octanol–water partition coefficient (Wildman–Crippen LogP) is 2.79. The molecule has 0 amide bonds. The van der Waals surface area contributed by atoms with Gasteiger partial charge in [0.25, 0.3) is 0 Å². The number of nitriles is 1. The van der Waals surface area contributed by atoms with Crippen molar-refractivity contribution in [3.05, 3.63) is 29.3 Å². The van der Waals surface area contributed by atoms with Gasteiger partial charge in [-0.25, -0.2) is 0 Å². The van der Waals surface area contributed by atoms with E-state index in [1.807, 2.05) is 13.0 Å². The highest BCUT2D eigenvalue weighted by atomic mass is 15.2. The highest BCUT2D eigenvalue weighted by Crippen LogP contribution is 2.25. The molecule has 1 atom stereocenters. The maximum Gasteiger partial charge on any atom is 0.0994 e. The molecule has 19 heavy (non-hydrogen) atoms. The van der Waals surface area contributed by atoms with Gasteiger partial charge in [-0.15, -0.1) is 0 Å². The van der Waals surface area contributed by atoms with Gasteiger partial charge >= 0.3 is 0 Å². The summed E-state index contributed by atoms with van der Waals surface area (Å²) < 4.78 is 0. The van der Waals surface area contributed by atoms with Gasteiger partial charge in [-0.3, -0.25) is 4.90 Å². The molecule has 1 saturated heterocycles. The quantitative estimate of drug-likeness (QED) is 0.831. The zero-order valence-electron chi connectivity index (χ0n) is 12.2. The lowest BCUT2D eigenvalue weighted by molar-refractivity contribution is 0.232. The van der Waals surface area contributed by atoms with Crippen molar-refractivity contribution in [2.45, 2.75) is 33.2 Å². The fourth-order valence-electron chi connectivity index (χ4n) is 2.98. The number of rotatable bonds is 4. The summed E-state index contributed by atoms with van der Waals surface area (Å²) in [5.41, 5.74) is 3.11. The molecule has 102 valence electrons. The van der Waals surface area contributed by atoms with Crippen molar-refractivity contribution in [2.75, 3.05) is 31.1 Å². The lowest BCUT2D eigenvalue weighted by atomic mass is 10.1. The minimum atomic E-state index is 0.672. The number of benzene rings is 1. The van der Waals surface area contributed by atoms with Crippen LogP contribution in [0.25, 0.3) is 0 Å². The molecular formula is C16H23N3. The summed E-state index contributed by atoms with van der Waals surface area (Å²) in [5.74, 6) is 0. The van der Waals surface area contributed by atoms with Gasteiger partial charge in [-0.2, -0.15) is 5.26 Å². The fourth-order valence-corrected chi connectivity index (χ4v) is 2.98. The number of nitrogens with zero attached hydrogens (tertiary/aromatic N) is 3. The van der Waals surface area contributed by atoms with E-state index in [9.17, 15) is 0 Å². The fraction of sp³-hybridized carbons (Fsp3) is 0.562. The molecule has 1 aliphatic heterocycles. The molecule has 0 aromatic heterocycles. The molecule has 2 rings (SSSR count). The maximum atomic E-state index is 8.98. The van der Waals surface area contributed by atoms with E-state index >= 15 is 0 Å². The van der Waals surface area contributed by atoms with Crippen LogP contribution in [0.5, 0.6) is 0 Å². The molecule has 0 bridgehead atoms. The van der Waals surface area contributed by atoms with Crippen LogP contribution in [0.2, 0.25) is 0 Å². The van der Waals surface area contributed by atoms with E-state index in [1.165, 1.54) is 12.1 Å². The summed E-state index contributed by atoms with van der Waals surface area (Å²) in [6.45, 7) is 11.0. The topological polar surface area (TPSA) is 30.3 Å². The minimum Gasteiger partial charge on any atom is -0.370 e. The molecule has 0 N–H and O–H groups in total. The van der Waals surface area contributed by atoms with Gasteiger partial charge in [0.2, 0.25) is 0 Å². The lowest BCUT2D eigenvalue weighted by Crippen LogP contribution is -2.37. The van der Waals surface area contributed by atoms with E-state index in [2.05, 4.69) is 41.8 Å². The number of aryl methyl sites for hydroxylation is 1. The first-order valence-corrected chi connectivity index (χ1v) is 7.19. The summed E-state index contributed by atoms with van der Waals surface area (Å²) in [5, 5.41) is 8.98. The average Bonchev–Trinajstić information content (AvgIpc) is 2.90. The van der Waals surface area contributed by atoms with Crippen LogP contribution in [0.1, 0.15) is 31.4 Å². The van der Waals surface area contributed by atoms with Gasteiger partial charge in [-0.05, 0) is 50.2 Å². The molecular weight excluding hydrogens is 234 g/mol. The van der Waals surface area contributed by atoms with Crippen LogP contribution < -0.4 is 4.90 Å². The minimum absolute atomic E-state index is 0.672. The van der Waals surface area contributed by atoms with Crippen molar-refractivity contribution in [3.8, 4) is 6.07 Å². The number of hydrogen-bond donors (Lipinski definition) is 0. The van der Waals surface area contributed by atoms with E-state index in [-0.39, 0.29) is 0 Å². The third-order valence-corrected chi connectivity index (χ3v) is 4.19. The van der Waals surface area contributed by atoms with Crippen molar-refractivity contribution in [1.29, 1.82) is 5.26 Å². The zero-order chi connectivity index (χ0) is 13.8. The Labute approximate surface area is 116 Å². The van der Waals surface area contributed by atoms with Crippen molar-refractivity contribution in [1.82, 2.24) is 4.90 Å². The third-order valence-electron chi connectivity index (χ3n) is 4.19. The van der Waals surface area contributed by atoms with E-state index in [1.54, 1.807) is 0 Å². The van der Waals surface area contributed by atoms with Gasteiger partial charge in [0.1, 0.15) is 0 Å². The Morgan fingerprint density at radius 3 is 2.68 bits per heavy atom. The third kappa shape index (κ3) is 2.90. The Bertz CT molecular complexity index is 471. The van der Waals surface area contributed by atoms with Crippen molar-refractivity contribution >= 4 is 5.69 Å².